The monoisotopic (exact) mass is 556 g/mol. The second-order valence-electron chi connectivity index (χ2n) is 9.99. The molecular formula is C28H36N4O6S. The summed E-state index contributed by atoms with van der Waals surface area (Å²) in [5.74, 6) is -0.304. The first-order chi connectivity index (χ1) is 18.7. The van der Waals surface area contributed by atoms with Crippen molar-refractivity contribution in [2.45, 2.75) is 57.3 Å². The Morgan fingerprint density at radius 2 is 1.90 bits per heavy atom. The minimum absolute atomic E-state index is 0.0296. The molecule has 1 saturated carbocycles. The van der Waals surface area contributed by atoms with Crippen LogP contribution in [-0.2, 0) is 34.2 Å². The van der Waals surface area contributed by atoms with Crippen LogP contribution in [0.1, 0.15) is 41.3 Å². The summed E-state index contributed by atoms with van der Waals surface area (Å²) in [6, 6.07) is 13.2. The van der Waals surface area contributed by atoms with Gasteiger partial charge in [-0.15, -0.1) is 0 Å². The van der Waals surface area contributed by atoms with Gasteiger partial charge in [0.25, 0.3) is 12.4 Å². The Hall–Kier alpha value is -3.41. The quantitative estimate of drug-likeness (QED) is 0.296. The molecule has 1 fully saturated rings. The number of carbonyl (C=O) groups is 2. The third-order valence-corrected chi connectivity index (χ3v) is 9.05. The standard InChI is InChI=1S/C27H34N4O4S.CH2O2/c1-3-31-17-19-11-12-36(34,35)30(2)23-14-20(15-24(31)26(19)23)27(33)29-22(13-18-7-5-4-6-8-18)25(32)16-28-21-9-10-21;2-1-3/h4-8,14-15,17,21-22,25,28,32H,3,9-13,16H2,1-2H3,(H,29,33);1H,(H,2,3)/t22-,25+;/m0./s1. The first-order valence-electron chi connectivity index (χ1n) is 13.1. The highest BCUT2D eigenvalue weighted by Gasteiger charge is 2.30. The maximum atomic E-state index is 13.6. The van der Waals surface area contributed by atoms with Crippen LogP contribution in [0.4, 0.5) is 5.69 Å². The highest BCUT2D eigenvalue weighted by Crippen LogP contribution is 2.37. The van der Waals surface area contributed by atoms with E-state index in [-0.39, 0.29) is 18.1 Å². The molecule has 10 nitrogen and oxygen atoms in total. The van der Waals surface area contributed by atoms with E-state index in [9.17, 15) is 18.3 Å². The molecule has 0 bridgehead atoms. The van der Waals surface area contributed by atoms with Gasteiger partial charge in [-0.25, -0.2) is 8.42 Å². The number of carboxylic acid groups (broad SMARTS) is 1. The summed E-state index contributed by atoms with van der Waals surface area (Å²) < 4.78 is 29.0. The van der Waals surface area contributed by atoms with E-state index >= 15 is 0 Å². The molecule has 2 aliphatic rings. The van der Waals surface area contributed by atoms with Crippen LogP contribution < -0.4 is 14.9 Å². The molecule has 1 aromatic heterocycles. The van der Waals surface area contributed by atoms with Crippen molar-refractivity contribution < 1.29 is 28.2 Å². The first-order valence-corrected chi connectivity index (χ1v) is 14.8. The predicted octanol–water partition coefficient (Wildman–Crippen LogP) is 2.14. The van der Waals surface area contributed by atoms with E-state index in [0.29, 0.717) is 43.2 Å². The van der Waals surface area contributed by atoms with E-state index in [1.807, 2.05) is 49.5 Å². The summed E-state index contributed by atoms with van der Waals surface area (Å²) in [6.45, 7) is 2.89. The Labute approximate surface area is 228 Å². The van der Waals surface area contributed by atoms with Crippen LogP contribution >= 0.6 is 0 Å². The zero-order valence-electron chi connectivity index (χ0n) is 22.2. The largest absolute Gasteiger partial charge is 0.483 e. The number of benzene rings is 2. The number of amides is 1. The van der Waals surface area contributed by atoms with E-state index in [4.69, 9.17) is 9.90 Å². The van der Waals surface area contributed by atoms with Gasteiger partial charge in [0.2, 0.25) is 10.0 Å². The minimum Gasteiger partial charge on any atom is -0.483 e. The average molecular weight is 557 g/mol. The van der Waals surface area contributed by atoms with Crippen molar-refractivity contribution >= 4 is 39.0 Å². The average Bonchev–Trinajstić information content (AvgIpc) is 3.70. The van der Waals surface area contributed by atoms with Crippen LogP contribution in [-0.4, -0.2) is 73.1 Å². The second kappa shape index (κ2) is 12.2. The van der Waals surface area contributed by atoms with Gasteiger partial charge < -0.3 is 25.4 Å². The van der Waals surface area contributed by atoms with Gasteiger partial charge in [-0.05, 0) is 55.9 Å². The summed E-state index contributed by atoms with van der Waals surface area (Å²) in [7, 11) is -1.94. The summed E-state index contributed by atoms with van der Waals surface area (Å²) in [6.07, 6.45) is 4.37. The topological polar surface area (TPSA) is 141 Å². The Kier molecular flexibility index (Phi) is 8.94. The highest BCUT2D eigenvalue weighted by atomic mass is 32.2. The van der Waals surface area contributed by atoms with Crippen LogP contribution in [0.5, 0.6) is 0 Å². The number of hydrogen-bond donors (Lipinski definition) is 4. The molecule has 2 atom stereocenters. The third-order valence-electron chi connectivity index (χ3n) is 7.30. The molecule has 0 spiro atoms. The number of nitrogens with one attached hydrogen (secondary N) is 2. The van der Waals surface area contributed by atoms with E-state index in [1.165, 1.54) is 4.31 Å². The van der Waals surface area contributed by atoms with Gasteiger partial charge in [0.05, 0.1) is 29.1 Å². The minimum atomic E-state index is -3.49. The molecule has 2 aromatic carbocycles. The molecule has 0 saturated heterocycles. The second-order valence-corrected chi connectivity index (χ2v) is 12.1. The van der Waals surface area contributed by atoms with Gasteiger partial charge in [0.1, 0.15) is 0 Å². The molecule has 210 valence electrons. The Bertz CT molecular complexity index is 1420. The molecule has 4 N–H and O–H groups in total. The summed E-state index contributed by atoms with van der Waals surface area (Å²) in [5.41, 5.74) is 3.74. The van der Waals surface area contributed by atoms with Crippen molar-refractivity contribution in [2.24, 2.45) is 0 Å². The molecule has 3 aromatic rings. The number of aromatic nitrogens is 1. The van der Waals surface area contributed by atoms with Crippen LogP contribution in [0.25, 0.3) is 10.9 Å². The summed E-state index contributed by atoms with van der Waals surface area (Å²) in [4.78, 5) is 21.9. The fraction of sp³-hybridized carbons (Fsp3) is 0.429. The predicted molar refractivity (Wildman–Crippen MR) is 151 cm³/mol. The van der Waals surface area contributed by atoms with Gasteiger partial charge >= 0.3 is 0 Å². The smallest absolute Gasteiger partial charge is 0.290 e. The number of aliphatic hydroxyl groups excluding tert-OH is 1. The van der Waals surface area contributed by atoms with Gasteiger partial charge in [0.15, 0.2) is 0 Å². The van der Waals surface area contributed by atoms with Crippen LogP contribution in [0.2, 0.25) is 0 Å². The van der Waals surface area contributed by atoms with Crippen molar-refractivity contribution in [3.05, 3.63) is 65.4 Å². The maximum Gasteiger partial charge on any atom is 0.290 e. The van der Waals surface area contributed by atoms with Gasteiger partial charge in [-0.3, -0.25) is 13.9 Å². The zero-order valence-corrected chi connectivity index (χ0v) is 23.0. The number of carbonyl (C=O) groups excluding carboxylic acids is 1. The SMILES string of the molecule is CCn1cc2c3c(cc(C(=O)N[C@@H](Cc4ccccc4)[C@H](O)CNC4CC4)cc31)N(C)S(=O)(=O)CC2.O=CO. The van der Waals surface area contributed by atoms with E-state index in [2.05, 4.69) is 15.2 Å². The molecule has 1 amide bonds. The lowest BCUT2D eigenvalue weighted by Crippen LogP contribution is -2.49. The van der Waals surface area contributed by atoms with E-state index in [0.717, 1.165) is 34.9 Å². The van der Waals surface area contributed by atoms with Crippen molar-refractivity contribution in [1.29, 1.82) is 0 Å². The molecule has 1 aliphatic heterocycles. The molecule has 39 heavy (non-hydrogen) atoms. The fourth-order valence-corrected chi connectivity index (χ4v) is 6.16. The lowest BCUT2D eigenvalue weighted by molar-refractivity contribution is -0.122. The zero-order chi connectivity index (χ0) is 28.2. The van der Waals surface area contributed by atoms with Crippen LogP contribution in [0.15, 0.2) is 48.7 Å². The van der Waals surface area contributed by atoms with Crippen LogP contribution in [0, 0.1) is 0 Å². The molecule has 11 heteroatoms. The number of rotatable bonds is 9. The van der Waals surface area contributed by atoms with Gasteiger partial charge in [-0.1, -0.05) is 30.3 Å². The normalized spacial score (nSPS) is 17.5. The number of nitrogens with zero attached hydrogens (tertiary/aromatic N) is 2. The van der Waals surface area contributed by atoms with Gasteiger partial charge in [-0.2, -0.15) is 0 Å². The third kappa shape index (κ3) is 6.60. The molecular weight excluding hydrogens is 520 g/mol. The Morgan fingerprint density at radius 1 is 1.21 bits per heavy atom. The first kappa shape index (κ1) is 28.6. The van der Waals surface area contributed by atoms with Crippen molar-refractivity contribution in [3.63, 3.8) is 0 Å². The maximum absolute atomic E-state index is 13.6. The number of anilines is 1. The summed E-state index contributed by atoms with van der Waals surface area (Å²) >= 11 is 0. The molecule has 1 aliphatic carbocycles. The highest BCUT2D eigenvalue weighted by molar-refractivity contribution is 7.92. The number of sulfonamides is 1. The van der Waals surface area contributed by atoms with E-state index < -0.39 is 22.2 Å². The molecule has 0 radical (unpaired) electrons. The van der Waals surface area contributed by atoms with Crippen molar-refractivity contribution in [3.8, 4) is 0 Å². The van der Waals surface area contributed by atoms with Crippen LogP contribution in [0.3, 0.4) is 0 Å². The number of hydrogen-bond acceptors (Lipinski definition) is 6. The summed E-state index contributed by atoms with van der Waals surface area (Å²) in [5, 5.41) is 25.2. The number of aliphatic hydroxyl groups is 1. The van der Waals surface area contributed by atoms with Gasteiger partial charge in [0, 0.05) is 43.3 Å². The number of aryl methyl sites for hydroxylation is 2. The Morgan fingerprint density at radius 3 is 2.54 bits per heavy atom. The lowest BCUT2D eigenvalue weighted by atomic mass is 10.00. The van der Waals surface area contributed by atoms with E-state index in [1.54, 1.807) is 13.1 Å². The molecule has 5 rings (SSSR count). The lowest BCUT2D eigenvalue weighted by Gasteiger charge is -2.25. The van der Waals surface area contributed by atoms with Crippen molar-refractivity contribution in [2.75, 3.05) is 23.7 Å². The fourth-order valence-electron chi connectivity index (χ4n) is 4.97. The molecule has 2 heterocycles. The molecule has 0 unspecified atom stereocenters. The van der Waals surface area contributed by atoms with Crippen molar-refractivity contribution in [1.82, 2.24) is 15.2 Å². The Balaban J connectivity index is 0.00000112.